The van der Waals surface area contributed by atoms with Crippen molar-refractivity contribution in [1.82, 2.24) is 19.6 Å². The number of aliphatic carboxylic acids is 2. The lowest BCUT2D eigenvalue weighted by molar-refractivity contribution is -0.165. The smallest absolute Gasteiger partial charge is 0.335 e. The number of rotatable bonds is 58. The first-order chi connectivity index (χ1) is 69.2. The molecule has 8 aliphatic rings. The van der Waals surface area contributed by atoms with Crippen LogP contribution < -0.4 is 37.9 Å². The van der Waals surface area contributed by atoms with E-state index in [2.05, 4.69) is 47.3 Å². The molecule has 0 spiro atoms. The molecule has 144 heavy (non-hydrogen) atoms. The predicted octanol–water partition coefficient (Wildman–Crippen LogP) is 20.6. The lowest BCUT2D eigenvalue weighted by Gasteiger charge is -2.31. The summed E-state index contributed by atoms with van der Waals surface area (Å²) >= 11 is 4.82. The van der Waals surface area contributed by atoms with Gasteiger partial charge in [-0.05, 0) is 212 Å². The largest absolute Gasteiger partial charge is 0.486 e. The Labute approximate surface area is 862 Å². The number of nitrogens with zero attached hydrogens (tertiary/aromatic N) is 4. The van der Waals surface area contributed by atoms with Crippen molar-refractivity contribution in [1.29, 1.82) is 0 Å². The second-order valence-electron chi connectivity index (χ2n) is 38.8. The summed E-state index contributed by atoms with van der Waals surface area (Å²) in [5.41, 5.74) is 3.44. The van der Waals surface area contributed by atoms with Gasteiger partial charge in [0.2, 0.25) is 5.24 Å². The molecule has 12 rings (SSSR count). The minimum Gasteiger partial charge on any atom is -0.486 e. The Bertz CT molecular complexity index is 4070. The number of carboxylic acids is 2. The van der Waals surface area contributed by atoms with E-state index in [0.717, 1.165) is 158 Å². The zero-order valence-corrected chi connectivity index (χ0v) is 87.9. The number of carbonyl (C=O) groups excluding carboxylic acids is 8. The van der Waals surface area contributed by atoms with Gasteiger partial charge in [0, 0.05) is 127 Å². The first-order valence-corrected chi connectivity index (χ1v) is 54.4. The fraction of sp³-hybridized carbons (Fsp3) is 0.699. The number of esters is 3. The molecule has 5 N–H and O–H groups in total. The van der Waals surface area contributed by atoms with Gasteiger partial charge in [0.05, 0.1) is 6.10 Å². The SMILES string of the molecule is C.CCC(=O)Cl.CCCCCCCC(=O)C[C@H](CN1CCCC1)[C@H](O)c1ccc2c(c1)OCCO2.CCCCCCCC(=O)C[C@H](CN1CCCC1)[C@H](OC(=O)CC)c1ccc2c(c1)OCCO2.CCCCCCCC(=O)C[C@H](CN1CCCC1)[C@H](OC(=O)CC)c1ccc2c(c1)OCCO2.CCCCCCCC(=O)C[C@H](CN1CCCC1)[C@H](OC(=O)CC)c1ccc2c(c1)OCCO2.O=C(O)[C@@H](O)[C@H](O)C(=O)O. The first-order valence-electron chi connectivity index (χ1n) is 54.0. The number of hydrogen-bond donors (Lipinski definition) is 5. The molecular weight excluding hydrogens is 1860 g/mol. The second kappa shape index (κ2) is 71.6. The van der Waals surface area contributed by atoms with Crippen molar-refractivity contribution in [2.75, 3.05) is 131 Å². The van der Waals surface area contributed by atoms with Crippen LogP contribution in [0, 0.1) is 23.7 Å². The van der Waals surface area contributed by atoms with Gasteiger partial charge in [0.1, 0.15) is 94.3 Å². The van der Waals surface area contributed by atoms with Crippen molar-refractivity contribution < 1.29 is 126 Å². The molecule has 4 fully saturated rings. The third kappa shape index (κ3) is 46.6. The number of fused-ring (bicyclic) bond motifs is 4. The van der Waals surface area contributed by atoms with Gasteiger partial charge in [0.15, 0.2) is 58.2 Å². The Morgan fingerprint density at radius 2 is 0.507 bits per heavy atom. The first kappa shape index (κ1) is 124. The fourth-order valence-electron chi connectivity index (χ4n) is 19.0. The highest BCUT2D eigenvalue weighted by Crippen LogP contribution is 2.44. The summed E-state index contributed by atoms with van der Waals surface area (Å²) in [5.74, 6) is 2.09. The topological polar surface area (TPSA) is 386 Å². The van der Waals surface area contributed by atoms with E-state index in [-0.39, 0.29) is 77.4 Å². The van der Waals surface area contributed by atoms with Gasteiger partial charge in [0.25, 0.3) is 0 Å². The van der Waals surface area contributed by atoms with Crippen molar-refractivity contribution >= 4 is 69.8 Å². The molecule has 8 heterocycles. The molecule has 10 atom stereocenters. The molecule has 0 amide bonds. The molecule has 4 aromatic carbocycles. The maximum Gasteiger partial charge on any atom is 0.335 e. The average molecular weight is 2040 g/mol. The molecule has 31 heteroatoms. The summed E-state index contributed by atoms with van der Waals surface area (Å²) < 4.78 is 63.6. The van der Waals surface area contributed by atoms with Gasteiger partial charge in [-0.1, -0.05) is 190 Å². The number of benzene rings is 4. The van der Waals surface area contributed by atoms with E-state index in [1.165, 1.54) is 128 Å². The minimum atomic E-state index is -2.27. The summed E-state index contributed by atoms with van der Waals surface area (Å²) in [4.78, 5) is 128. The number of hydrogen-bond acceptors (Lipinski definition) is 28. The predicted molar refractivity (Wildman–Crippen MR) is 556 cm³/mol. The van der Waals surface area contributed by atoms with Crippen molar-refractivity contribution in [3.05, 3.63) is 95.1 Å². The van der Waals surface area contributed by atoms with Gasteiger partial charge < -0.3 is 97.2 Å². The van der Waals surface area contributed by atoms with E-state index in [0.29, 0.717) is 170 Å². The number of likely N-dealkylation sites (tertiary alicyclic amines) is 4. The van der Waals surface area contributed by atoms with Crippen molar-refractivity contribution in [2.24, 2.45) is 23.7 Å². The van der Waals surface area contributed by atoms with Gasteiger partial charge in [-0.25, -0.2) is 9.59 Å². The highest BCUT2D eigenvalue weighted by Gasteiger charge is 2.38. The molecule has 810 valence electrons. The number of carbonyl (C=O) groups is 10. The van der Waals surface area contributed by atoms with Crippen LogP contribution in [0.15, 0.2) is 72.8 Å². The summed E-state index contributed by atoms with van der Waals surface area (Å²) in [6.45, 7) is 31.5. The number of aliphatic hydroxyl groups is 3. The number of ether oxygens (including phenoxy) is 11. The maximum atomic E-state index is 13.0. The Balaban J connectivity index is 0.000000279. The molecule has 0 bridgehead atoms. The number of Topliss-reactive ketones (excluding diaryl/α,β-unsaturated/α-hetero) is 4. The number of aliphatic hydroxyl groups excluding tert-OH is 3. The molecule has 0 radical (unpaired) electrons. The quantitative estimate of drug-likeness (QED) is 0.0119. The Kier molecular flexibility index (Phi) is 61.4. The molecule has 8 aliphatic heterocycles. The number of unbranched alkanes of at least 4 members (excludes halogenated alkanes) is 16. The summed E-state index contributed by atoms with van der Waals surface area (Å²) in [7, 11) is 0. The second-order valence-corrected chi connectivity index (χ2v) is 39.2. The van der Waals surface area contributed by atoms with Crippen molar-refractivity contribution in [3.8, 4) is 46.0 Å². The van der Waals surface area contributed by atoms with Crippen LogP contribution in [0.25, 0.3) is 0 Å². The standard InChI is InChI=1S/3C27H41NO5.C24H37NO4.C4H6O6.C3H5ClO.CH4/c3*1-3-5-6-7-8-11-23(29)18-22(20-28-14-9-10-15-28)27(33-26(30)4-2)21-12-13-24-25(19-21)32-17-16-31-24;1-2-3-4-5-6-9-21(26)16-20(18-25-12-7-8-13-25)24(27)19-10-11-22-23(17-19)29-15-14-28-22;5-1(3(7)8)2(6)4(9)10;1-2-3(4)5;/h3*12-13,19,22,27H,3-11,14-18,20H2,1-2H3;10-11,17,20,24,27H,2-9,12-16,18H2,1H3;1-2,5-6H,(H,7,8)(H,9,10);2H2,1H3;1H4/t3*22-,27-;20-,24-;1-,2-;;/m11110../s1. The molecule has 4 aromatic rings. The molecule has 0 saturated carbocycles. The maximum absolute atomic E-state index is 13.0. The van der Waals surface area contributed by atoms with Gasteiger partial charge in [-0.3, -0.25) is 38.4 Å². The third-order valence-electron chi connectivity index (χ3n) is 27.0. The van der Waals surface area contributed by atoms with Gasteiger partial charge in [-0.15, -0.1) is 0 Å². The molecular formula is C113H175ClN4O26. The normalized spacial score (nSPS) is 17.1. The molecule has 0 aromatic heterocycles. The number of ketones is 4. The van der Waals surface area contributed by atoms with Gasteiger partial charge in [-0.2, -0.15) is 0 Å². The van der Waals surface area contributed by atoms with Crippen LogP contribution >= 0.6 is 11.6 Å². The molecule has 4 saturated heterocycles. The summed E-state index contributed by atoms with van der Waals surface area (Å²) in [6, 6.07) is 23.0. The Hall–Kier alpha value is -9.01. The zero-order chi connectivity index (χ0) is 103. The van der Waals surface area contributed by atoms with Crippen molar-refractivity contribution in [3.63, 3.8) is 0 Å². The summed E-state index contributed by atoms with van der Waals surface area (Å²) in [5, 5.41) is 43.4. The molecule has 0 unspecified atom stereocenters. The highest BCUT2D eigenvalue weighted by molar-refractivity contribution is 6.63. The van der Waals surface area contributed by atoms with Crippen LogP contribution in [-0.4, -0.2) is 247 Å². The minimum absolute atomic E-state index is 0. The third-order valence-corrected chi connectivity index (χ3v) is 27.3. The van der Waals surface area contributed by atoms with Crippen LogP contribution in [0.2, 0.25) is 0 Å². The lowest BCUT2D eigenvalue weighted by atomic mass is 9.88. The van der Waals surface area contributed by atoms with Crippen LogP contribution in [0.3, 0.4) is 0 Å². The van der Waals surface area contributed by atoms with Crippen LogP contribution in [0.1, 0.15) is 366 Å². The monoisotopic (exact) mass is 2040 g/mol. The highest BCUT2D eigenvalue weighted by atomic mass is 35.5. The fourth-order valence-corrected chi connectivity index (χ4v) is 19.0. The Morgan fingerprint density at radius 1 is 0.299 bits per heavy atom. The number of halogens is 1. The van der Waals surface area contributed by atoms with E-state index in [1.807, 2.05) is 72.8 Å². The zero-order valence-electron chi connectivity index (χ0n) is 87.1. The van der Waals surface area contributed by atoms with Gasteiger partial charge >= 0.3 is 29.8 Å². The van der Waals surface area contributed by atoms with E-state index in [1.54, 1.807) is 27.7 Å². The van der Waals surface area contributed by atoms with E-state index in [4.69, 9.17) is 84.1 Å². The average Bonchev–Trinajstić information content (AvgIpc) is 1.22. The van der Waals surface area contributed by atoms with Crippen LogP contribution in [0.4, 0.5) is 0 Å². The lowest BCUT2D eigenvalue weighted by Crippen LogP contribution is -2.39. The Morgan fingerprint density at radius 3 is 0.729 bits per heavy atom. The summed E-state index contributed by atoms with van der Waals surface area (Å²) in [6.07, 6.45) is 31.2. The van der Waals surface area contributed by atoms with E-state index in [9.17, 15) is 53.1 Å². The van der Waals surface area contributed by atoms with Crippen LogP contribution in [-0.2, 0) is 62.2 Å². The molecule has 30 nitrogen and oxygen atoms in total. The van der Waals surface area contributed by atoms with Crippen LogP contribution in [0.5, 0.6) is 46.0 Å². The van der Waals surface area contributed by atoms with Crippen molar-refractivity contribution in [2.45, 2.75) is 356 Å². The molecule has 0 aliphatic carbocycles. The van der Waals surface area contributed by atoms with E-state index >= 15 is 0 Å². The van der Waals surface area contributed by atoms with E-state index < -0.39 is 48.6 Å². The number of carboxylic acid groups (broad SMARTS) is 2.